The molecule has 0 saturated carbocycles. The smallest absolute Gasteiger partial charge is 0.338 e. The quantitative estimate of drug-likeness (QED) is 0.479. The number of ether oxygens (including phenoxy) is 2. The number of para-hydroxylation sites is 1. The topological polar surface area (TPSA) is 72.9 Å². The van der Waals surface area contributed by atoms with E-state index < -0.39 is 17.5 Å². The van der Waals surface area contributed by atoms with Crippen LogP contribution in [0.1, 0.15) is 50.5 Å². The largest absolute Gasteiger partial charge is 0.465 e. The number of amides is 1. The summed E-state index contributed by atoms with van der Waals surface area (Å²) in [5, 5.41) is 0. The maximum atomic E-state index is 13.1. The number of benzene rings is 2. The molecule has 1 amide bonds. The van der Waals surface area contributed by atoms with Gasteiger partial charge < -0.3 is 9.47 Å². The predicted molar refractivity (Wildman–Crippen MR) is 121 cm³/mol. The second kappa shape index (κ2) is 10.6. The lowest BCUT2D eigenvalue weighted by molar-refractivity contribution is -0.142. The Labute approximate surface area is 183 Å². The molecule has 2 rings (SSSR count). The number of carbonyl (C=O) groups is 3. The SMILES string of the molecule is CCOC(=O)CN(C(=O)/C(C)=C/c1ccc(C(=O)OC(C)(C)C)cc1)c1ccccc1. The summed E-state index contributed by atoms with van der Waals surface area (Å²) in [4.78, 5) is 38.7. The third-order valence-electron chi connectivity index (χ3n) is 4.17. The van der Waals surface area contributed by atoms with Crippen LogP contribution in [0.5, 0.6) is 0 Å². The first-order chi connectivity index (χ1) is 14.6. The van der Waals surface area contributed by atoms with Crippen molar-refractivity contribution in [3.63, 3.8) is 0 Å². The molecular formula is C25H29NO5. The van der Waals surface area contributed by atoms with Gasteiger partial charge in [0.25, 0.3) is 5.91 Å². The van der Waals surface area contributed by atoms with Gasteiger partial charge in [0, 0.05) is 11.3 Å². The highest BCUT2D eigenvalue weighted by Crippen LogP contribution is 2.19. The minimum atomic E-state index is -0.571. The highest BCUT2D eigenvalue weighted by molar-refractivity contribution is 6.09. The Morgan fingerprint density at radius 1 is 0.968 bits per heavy atom. The molecule has 0 aliphatic heterocycles. The van der Waals surface area contributed by atoms with Crippen molar-refractivity contribution in [2.24, 2.45) is 0 Å². The monoisotopic (exact) mass is 423 g/mol. The number of anilines is 1. The molecule has 0 aliphatic carbocycles. The first kappa shape index (κ1) is 23.9. The van der Waals surface area contributed by atoms with Crippen LogP contribution in [0, 0.1) is 0 Å². The molecule has 0 aliphatic rings. The zero-order valence-electron chi connectivity index (χ0n) is 18.7. The Kier molecular flexibility index (Phi) is 8.14. The summed E-state index contributed by atoms with van der Waals surface area (Å²) in [6, 6.07) is 15.8. The van der Waals surface area contributed by atoms with E-state index in [2.05, 4.69) is 0 Å². The van der Waals surface area contributed by atoms with E-state index in [-0.39, 0.29) is 19.1 Å². The van der Waals surface area contributed by atoms with Crippen LogP contribution in [0.15, 0.2) is 60.2 Å². The van der Waals surface area contributed by atoms with Gasteiger partial charge >= 0.3 is 11.9 Å². The van der Waals surface area contributed by atoms with Gasteiger partial charge in [-0.1, -0.05) is 30.3 Å². The molecule has 0 atom stereocenters. The first-order valence-corrected chi connectivity index (χ1v) is 10.1. The van der Waals surface area contributed by atoms with E-state index in [0.29, 0.717) is 16.8 Å². The number of rotatable bonds is 7. The molecule has 0 heterocycles. The van der Waals surface area contributed by atoms with Crippen molar-refractivity contribution < 1.29 is 23.9 Å². The molecule has 0 N–H and O–H groups in total. The number of hydrogen-bond donors (Lipinski definition) is 0. The van der Waals surface area contributed by atoms with Crippen molar-refractivity contribution in [2.45, 2.75) is 40.2 Å². The number of esters is 2. The van der Waals surface area contributed by atoms with Crippen LogP contribution in [0.3, 0.4) is 0 Å². The molecule has 0 aromatic heterocycles. The normalized spacial score (nSPS) is 11.6. The van der Waals surface area contributed by atoms with E-state index in [1.54, 1.807) is 68.5 Å². The first-order valence-electron chi connectivity index (χ1n) is 10.1. The Balaban J connectivity index is 2.21. The summed E-state index contributed by atoms with van der Waals surface area (Å²) in [6.45, 7) is 8.90. The lowest BCUT2D eigenvalue weighted by Crippen LogP contribution is -2.37. The molecule has 0 saturated heterocycles. The van der Waals surface area contributed by atoms with Gasteiger partial charge in [-0.3, -0.25) is 14.5 Å². The molecule has 0 fully saturated rings. The van der Waals surface area contributed by atoms with E-state index >= 15 is 0 Å². The van der Waals surface area contributed by atoms with Crippen molar-refractivity contribution in [1.29, 1.82) is 0 Å². The molecule has 31 heavy (non-hydrogen) atoms. The van der Waals surface area contributed by atoms with E-state index in [9.17, 15) is 14.4 Å². The molecular weight excluding hydrogens is 394 g/mol. The van der Waals surface area contributed by atoms with Gasteiger partial charge in [0.1, 0.15) is 12.1 Å². The molecule has 0 radical (unpaired) electrons. The lowest BCUT2D eigenvalue weighted by atomic mass is 10.1. The molecule has 0 bridgehead atoms. The predicted octanol–water partition coefficient (Wildman–Crippen LogP) is 4.64. The van der Waals surface area contributed by atoms with Gasteiger partial charge in [-0.05, 0) is 70.5 Å². The summed E-state index contributed by atoms with van der Waals surface area (Å²) in [7, 11) is 0. The fourth-order valence-corrected chi connectivity index (χ4v) is 2.80. The van der Waals surface area contributed by atoms with Crippen molar-refractivity contribution in [1.82, 2.24) is 0 Å². The van der Waals surface area contributed by atoms with Crippen molar-refractivity contribution in [3.05, 3.63) is 71.3 Å². The summed E-state index contributed by atoms with van der Waals surface area (Å²) >= 11 is 0. The van der Waals surface area contributed by atoms with Gasteiger partial charge in [-0.2, -0.15) is 0 Å². The second-order valence-corrected chi connectivity index (χ2v) is 7.98. The van der Waals surface area contributed by atoms with Crippen LogP contribution in [0.4, 0.5) is 5.69 Å². The maximum Gasteiger partial charge on any atom is 0.338 e. The molecule has 2 aromatic carbocycles. The van der Waals surface area contributed by atoms with E-state index in [0.717, 1.165) is 5.56 Å². The maximum absolute atomic E-state index is 13.1. The average molecular weight is 424 g/mol. The Morgan fingerprint density at radius 3 is 2.13 bits per heavy atom. The van der Waals surface area contributed by atoms with Crippen LogP contribution in [-0.4, -0.2) is 36.6 Å². The van der Waals surface area contributed by atoms with Crippen LogP contribution in [0.2, 0.25) is 0 Å². The molecule has 0 spiro atoms. The Bertz CT molecular complexity index is 940. The number of carbonyl (C=O) groups excluding carboxylic acids is 3. The van der Waals surface area contributed by atoms with Crippen molar-refractivity contribution >= 4 is 29.6 Å². The standard InChI is InChI=1S/C25H29NO5/c1-6-30-22(27)17-26(21-10-8-7-9-11-21)23(28)18(2)16-19-12-14-20(15-13-19)24(29)31-25(3,4)5/h7-16H,6,17H2,1-5H3/b18-16+. The van der Waals surface area contributed by atoms with Gasteiger partial charge in [-0.25, -0.2) is 4.79 Å². The van der Waals surface area contributed by atoms with Crippen LogP contribution >= 0.6 is 0 Å². The minimum Gasteiger partial charge on any atom is -0.465 e. The van der Waals surface area contributed by atoms with E-state index in [4.69, 9.17) is 9.47 Å². The highest BCUT2D eigenvalue weighted by Gasteiger charge is 2.21. The average Bonchev–Trinajstić information content (AvgIpc) is 2.71. The minimum absolute atomic E-state index is 0.181. The van der Waals surface area contributed by atoms with Crippen molar-refractivity contribution in [3.8, 4) is 0 Å². The zero-order valence-corrected chi connectivity index (χ0v) is 18.7. The summed E-state index contributed by atoms with van der Waals surface area (Å²) in [6.07, 6.45) is 1.71. The summed E-state index contributed by atoms with van der Waals surface area (Å²) in [5.41, 5.74) is 1.66. The molecule has 164 valence electrons. The van der Waals surface area contributed by atoms with Crippen LogP contribution < -0.4 is 4.90 Å². The third-order valence-corrected chi connectivity index (χ3v) is 4.17. The fraction of sp³-hybridized carbons (Fsp3) is 0.320. The zero-order chi connectivity index (χ0) is 23.0. The summed E-state index contributed by atoms with van der Waals surface area (Å²) < 4.78 is 10.4. The molecule has 6 nitrogen and oxygen atoms in total. The van der Waals surface area contributed by atoms with Crippen LogP contribution in [0.25, 0.3) is 6.08 Å². The summed E-state index contributed by atoms with van der Waals surface area (Å²) in [5.74, 6) is -1.19. The van der Waals surface area contributed by atoms with Gasteiger partial charge in [0.2, 0.25) is 0 Å². The van der Waals surface area contributed by atoms with Crippen LogP contribution in [-0.2, 0) is 19.1 Å². The third kappa shape index (κ3) is 7.41. The second-order valence-electron chi connectivity index (χ2n) is 7.98. The Morgan fingerprint density at radius 2 is 1.58 bits per heavy atom. The van der Waals surface area contributed by atoms with Crippen molar-refractivity contribution in [2.75, 3.05) is 18.1 Å². The molecule has 6 heteroatoms. The molecule has 2 aromatic rings. The van der Waals surface area contributed by atoms with Gasteiger partial charge in [-0.15, -0.1) is 0 Å². The van der Waals surface area contributed by atoms with E-state index in [1.165, 1.54) is 4.90 Å². The number of nitrogens with zero attached hydrogens (tertiary/aromatic N) is 1. The lowest BCUT2D eigenvalue weighted by Gasteiger charge is -2.22. The van der Waals surface area contributed by atoms with Gasteiger partial charge in [0.15, 0.2) is 0 Å². The van der Waals surface area contributed by atoms with E-state index in [1.807, 2.05) is 26.8 Å². The van der Waals surface area contributed by atoms with Gasteiger partial charge in [0.05, 0.1) is 12.2 Å². The number of hydrogen-bond acceptors (Lipinski definition) is 5. The highest BCUT2D eigenvalue weighted by atomic mass is 16.6. The fourth-order valence-electron chi connectivity index (χ4n) is 2.80. The Hall–Kier alpha value is -3.41. The molecule has 0 unspecified atom stereocenters.